The number of nitrogens with zero attached hydrogens (tertiary/aromatic N) is 1. The molecular formula is C21H26N2O8S. The number of nitrogens with one attached hydrogen (secondary N) is 1. The van der Waals surface area contributed by atoms with Crippen LogP contribution >= 0.6 is 0 Å². The third-order valence-corrected chi connectivity index (χ3v) is 6.80. The second-order valence-electron chi connectivity index (χ2n) is 6.42. The zero-order valence-corrected chi connectivity index (χ0v) is 19.3. The number of benzene rings is 2. The summed E-state index contributed by atoms with van der Waals surface area (Å²) in [7, 11) is -0.197. The topological polar surface area (TPSA) is 131 Å². The first-order valence-electron chi connectivity index (χ1n) is 9.64. The Morgan fingerprint density at radius 3 is 2.00 bits per heavy atom. The molecule has 2 rings (SSSR count). The van der Waals surface area contributed by atoms with E-state index in [1.807, 2.05) is 0 Å². The van der Waals surface area contributed by atoms with Gasteiger partial charge in [0.1, 0.15) is 4.90 Å². The average molecular weight is 467 g/mol. The Labute approximate surface area is 186 Å². The lowest BCUT2D eigenvalue weighted by molar-refractivity contribution is 0.0698. The molecule has 0 atom stereocenters. The van der Waals surface area contributed by atoms with Gasteiger partial charge in [0.05, 0.1) is 38.1 Å². The van der Waals surface area contributed by atoms with Crippen LogP contribution in [0.1, 0.15) is 34.6 Å². The van der Waals surface area contributed by atoms with Crippen LogP contribution in [0.25, 0.3) is 0 Å². The lowest BCUT2D eigenvalue weighted by Crippen LogP contribution is -2.31. The van der Waals surface area contributed by atoms with Gasteiger partial charge in [-0.2, -0.15) is 4.31 Å². The molecule has 0 radical (unpaired) electrons. The van der Waals surface area contributed by atoms with Crippen molar-refractivity contribution in [1.29, 1.82) is 0 Å². The number of anilines is 1. The van der Waals surface area contributed by atoms with E-state index in [0.29, 0.717) is 0 Å². The molecule has 0 aliphatic carbocycles. The highest BCUT2D eigenvalue weighted by Crippen LogP contribution is 2.45. The van der Waals surface area contributed by atoms with E-state index in [4.69, 9.17) is 14.2 Å². The number of aromatic carboxylic acids is 1. The normalized spacial score (nSPS) is 11.2. The number of hydrogen-bond donors (Lipinski definition) is 2. The maximum Gasteiger partial charge on any atom is 0.337 e. The zero-order valence-electron chi connectivity index (χ0n) is 18.5. The molecule has 0 spiro atoms. The standard InChI is InChI=1S/C21H26N2O8S/c1-6-23(7-2)32(27,28)16-12-14(17(29-3)19(31-5)18(16)30-4)20(24)22-15-11-9-8-10-13(15)21(25)26/h8-12H,6-7H2,1-5H3,(H,22,24)(H,25,26). The summed E-state index contributed by atoms with van der Waals surface area (Å²) in [5.41, 5.74) is -0.262. The van der Waals surface area contributed by atoms with E-state index in [1.165, 1.54) is 43.8 Å². The van der Waals surface area contributed by atoms with Crippen molar-refractivity contribution in [2.75, 3.05) is 39.7 Å². The van der Waals surface area contributed by atoms with Gasteiger partial charge >= 0.3 is 5.97 Å². The van der Waals surface area contributed by atoms with Gasteiger partial charge < -0.3 is 24.6 Å². The van der Waals surface area contributed by atoms with E-state index in [0.717, 1.165) is 6.07 Å². The number of para-hydroxylation sites is 1. The van der Waals surface area contributed by atoms with Crippen LogP contribution in [0.4, 0.5) is 5.69 Å². The number of sulfonamides is 1. The third kappa shape index (κ3) is 4.63. The Bertz CT molecular complexity index is 1110. The van der Waals surface area contributed by atoms with Crippen LogP contribution in [0.15, 0.2) is 35.2 Å². The number of ether oxygens (including phenoxy) is 3. The van der Waals surface area contributed by atoms with E-state index in [1.54, 1.807) is 19.9 Å². The number of carboxylic acid groups (broad SMARTS) is 1. The molecule has 10 nitrogen and oxygen atoms in total. The first-order valence-corrected chi connectivity index (χ1v) is 11.1. The fourth-order valence-electron chi connectivity index (χ4n) is 3.21. The minimum absolute atomic E-state index is 0.0370. The molecular weight excluding hydrogens is 440 g/mol. The van der Waals surface area contributed by atoms with Crippen molar-refractivity contribution in [2.24, 2.45) is 0 Å². The van der Waals surface area contributed by atoms with Crippen LogP contribution in [-0.4, -0.2) is 64.1 Å². The van der Waals surface area contributed by atoms with Crippen LogP contribution in [-0.2, 0) is 10.0 Å². The zero-order chi connectivity index (χ0) is 24.1. The van der Waals surface area contributed by atoms with Gasteiger partial charge in [-0.3, -0.25) is 4.79 Å². The maximum atomic E-state index is 13.3. The van der Waals surface area contributed by atoms with Crippen LogP contribution in [0.2, 0.25) is 0 Å². The fourth-order valence-corrected chi connectivity index (χ4v) is 4.85. The Hall–Kier alpha value is -3.31. The number of hydrogen-bond acceptors (Lipinski definition) is 7. The SMILES string of the molecule is CCN(CC)S(=O)(=O)c1cc(C(=O)Nc2ccccc2C(=O)O)c(OC)c(OC)c1OC. The third-order valence-electron chi connectivity index (χ3n) is 4.74. The second kappa shape index (κ2) is 10.3. The average Bonchev–Trinajstić information content (AvgIpc) is 2.78. The van der Waals surface area contributed by atoms with Crippen LogP contribution in [0.3, 0.4) is 0 Å². The summed E-state index contributed by atoms with van der Waals surface area (Å²) >= 11 is 0. The quantitative estimate of drug-likeness (QED) is 0.546. The first kappa shape index (κ1) is 25.0. The van der Waals surface area contributed by atoms with E-state index in [-0.39, 0.29) is 52.0 Å². The first-order chi connectivity index (χ1) is 15.2. The van der Waals surface area contributed by atoms with Gasteiger partial charge in [0, 0.05) is 13.1 Å². The summed E-state index contributed by atoms with van der Waals surface area (Å²) in [4.78, 5) is 24.3. The molecule has 32 heavy (non-hydrogen) atoms. The lowest BCUT2D eigenvalue weighted by Gasteiger charge is -2.23. The predicted molar refractivity (Wildman–Crippen MR) is 118 cm³/mol. The van der Waals surface area contributed by atoms with Gasteiger partial charge in [-0.05, 0) is 18.2 Å². The molecule has 0 aromatic heterocycles. The van der Waals surface area contributed by atoms with Crippen molar-refractivity contribution < 1.29 is 37.3 Å². The molecule has 1 amide bonds. The van der Waals surface area contributed by atoms with Gasteiger partial charge in [0.2, 0.25) is 15.8 Å². The summed E-state index contributed by atoms with van der Waals surface area (Å²) < 4.78 is 43.7. The molecule has 0 saturated carbocycles. The molecule has 11 heteroatoms. The summed E-state index contributed by atoms with van der Waals surface area (Å²) in [6.45, 7) is 3.77. The highest BCUT2D eigenvalue weighted by atomic mass is 32.2. The van der Waals surface area contributed by atoms with E-state index >= 15 is 0 Å². The fraction of sp³-hybridized carbons (Fsp3) is 0.333. The van der Waals surface area contributed by atoms with Gasteiger partial charge in [-0.1, -0.05) is 26.0 Å². The minimum atomic E-state index is -4.05. The monoisotopic (exact) mass is 466 g/mol. The highest BCUT2D eigenvalue weighted by molar-refractivity contribution is 7.89. The molecule has 2 aromatic carbocycles. The van der Waals surface area contributed by atoms with Crippen molar-refractivity contribution in [3.63, 3.8) is 0 Å². The number of carboxylic acids is 1. The van der Waals surface area contributed by atoms with E-state index < -0.39 is 21.9 Å². The van der Waals surface area contributed by atoms with Crippen molar-refractivity contribution in [3.8, 4) is 17.2 Å². The highest BCUT2D eigenvalue weighted by Gasteiger charge is 2.33. The predicted octanol–water partition coefficient (Wildman–Crippen LogP) is 2.69. The molecule has 0 saturated heterocycles. The van der Waals surface area contributed by atoms with Crippen molar-refractivity contribution in [1.82, 2.24) is 4.31 Å². The molecule has 0 heterocycles. The Balaban J connectivity index is 2.75. The van der Waals surface area contributed by atoms with Gasteiger partial charge in [0.25, 0.3) is 5.91 Å². The number of carbonyl (C=O) groups excluding carboxylic acids is 1. The summed E-state index contributed by atoms with van der Waals surface area (Å²) in [6.07, 6.45) is 0. The molecule has 174 valence electrons. The van der Waals surface area contributed by atoms with E-state index in [9.17, 15) is 23.1 Å². The summed E-state index contributed by atoms with van der Waals surface area (Å²) in [5.74, 6) is -2.27. The Morgan fingerprint density at radius 1 is 0.938 bits per heavy atom. The summed E-state index contributed by atoms with van der Waals surface area (Å²) in [5, 5.41) is 11.9. The largest absolute Gasteiger partial charge is 0.492 e. The molecule has 0 aliphatic heterocycles. The molecule has 0 fully saturated rings. The van der Waals surface area contributed by atoms with E-state index in [2.05, 4.69) is 5.32 Å². The minimum Gasteiger partial charge on any atom is -0.492 e. The smallest absolute Gasteiger partial charge is 0.337 e. The van der Waals surface area contributed by atoms with Crippen molar-refractivity contribution in [2.45, 2.75) is 18.7 Å². The Kier molecular flexibility index (Phi) is 8.06. The lowest BCUT2D eigenvalue weighted by atomic mass is 10.1. The molecule has 0 aliphatic rings. The maximum absolute atomic E-state index is 13.3. The number of carbonyl (C=O) groups is 2. The second-order valence-corrected chi connectivity index (χ2v) is 8.32. The number of rotatable bonds is 10. The molecule has 0 unspecified atom stereocenters. The Morgan fingerprint density at radius 2 is 1.50 bits per heavy atom. The van der Waals surface area contributed by atoms with Crippen LogP contribution in [0.5, 0.6) is 17.2 Å². The van der Waals surface area contributed by atoms with Crippen LogP contribution < -0.4 is 19.5 Å². The number of methoxy groups -OCH3 is 3. The molecule has 0 bridgehead atoms. The van der Waals surface area contributed by atoms with Gasteiger partial charge in [0.15, 0.2) is 11.5 Å². The molecule has 2 aromatic rings. The van der Waals surface area contributed by atoms with Crippen molar-refractivity contribution in [3.05, 3.63) is 41.5 Å². The van der Waals surface area contributed by atoms with Gasteiger partial charge in [-0.25, -0.2) is 13.2 Å². The number of amides is 1. The van der Waals surface area contributed by atoms with Gasteiger partial charge in [-0.15, -0.1) is 0 Å². The summed E-state index contributed by atoms with van der Waals surface area (Å²) in [6, 6.07) is 6.96. The molecule has 2 N–H and O–H groups in total. The van der Waals surface area contributed by atoms with Crippen molar-refractivity contribution >= 4 is 27.6 Å². The van der Waals surface area contributed by atoms with Crippen LogP contribution in [0, 0.1) is 0 Å².